The molecule has 1 N–H and O–H groups in total. The Morgan fingerprint density at radius 3 is 2.53 bits per heavy atom. The Labute approximate surface area is 102 Å². The number of benzene rings is 1. The molecule has 0 radical (unpaired) electrons. The van der Waals surface area contributed by atoms with E-state index in [0.29, 0.717) is 12.1 Å². The molecule has 0 aliphatic rings. The third kappa shape index (κ3) is 3.49. The highest BCUT2D eigenvalue weighted by Gasteiger charge is 2.15. The normalized spacial score (nSPS) is 11.4. The molecule has 0 saturated heterocycles. The summed E-state index contributed by atoms with van der Waals surface area (Å²) in [6.45, 7) is 4.46. The van der Waals surface area contributed by atoms with Crippen LogP contribution in [0.1, 0.15) is 19.4 Å². The first-order valence-corrected chi connectivity index (χ1v) is 5.60. The number of hydrogen-bond acceptors (Lipinski definition) is 3. The highest BCUT2D eigenvalue weighted by atomic mass is 16.2. The predicted molar refractivity (Wildman–Crippen MR) is 67.6 cm³/mol. The molecule has 1 aromatic carbocycles. The van der Waals surface area contributed by atoms with Gasteiger partial charge in [0.15, 0.2) is 0 Å². The summed E-state index contributed by atoms with van der Waals surface area (Å²) in [6.07, 6.45) is 0. The van der Waals surface area contributed by atoms with Crippen molar-refractivity contribution in [2.75, 3.05) is 18.9 Å². The number of likely N-dealkylation sites (N-methyl/N-ethyl adjacent to an activating group) is 1. The number of nitriles is 1. The molecule has 0 heterocycles. The summed E-state index contributed by atoms with van der Waals surface area (Å²) in [6, 6.07) is 8.83. The second-order valence-electron chi connectivity index (χ2n) is 3.91. The van der Waals surface area contributed by atoms with Crippen LogP contribution in [-0.2, 0) is 4.79 Å². The quantitative estimate of drug-likeness (QED) is 0.860. The zero-order valence-corrected chi connectivity index (χ0v) is 10.4. The van der Waals surface area contributed by atoms with E-state index in [9.17, 15) is 4.79 Å². The highest BCUT2D eigenvalue weighted by molar-refractivity contribution is 5.84. The van der Waals surface area contributed by atoms with Crippen LogP contribution in [0.4, 0.5) is 5.69 Å². The minimum Gasteiger partial charge on any atom is -0.374 e. The maximum absolute atomic E-state index is 11.8. The van der Waals surface area contributed by atoms with Crippen molar-refractivity contribution < 1.29 is 4.79 Å². The Balaban J connectivity index is 2.65. The maximum atomic E-state index is 11.8. The average Bonchev–Trinajstić information content (AvgIpc) is 2.37. The number of anilines is 1. The summed E-state index contributed by atoms with van der Waals surface area (Å²) in [5.41, 5.74) is 1.45. The van der Waals surface area contributed by atoms with Crippen LogP contribution in [0.25, 0.3) is 0 Å². The van der Waals surface area contributed by atoms with Crippen LogP contribution >= 0.6 is 0 Å². The van der Waals surface area contributed by atoms with Crippen molar-refractivity contribution in [3.05, 3.63) is 29.8 Å². The van der Waals surface area contributed by atoms with Gasteiger partial charge in [0.1, 0.15) is 6.04 Å². The van der Waals surface area contributed by atoms with Crippen LogP contribution in [0, 0.1) is 11.3 Å². The van der Waals surface area contributed by atoms with Gasteiger partial charge in [-0.25, -0.2) is 0 Å². The molecule has 4 nitrogen and oxygen atoms in total. The molecule has 1 atom stereocenters. The second-order valence-corrected chi connectivity index (χ2v) is 3.91. The van der Waals surface area contributed by atoms with Gasteiger partial charge in [-0.1, -0.05) is 0 Å². The largest absolute Gasteiger partial charge is 0.374 e. The lowest BCUT2D eigenvalue weighted by molar-refractivity contribution is -0.130. The van der Waals surface area contributed by atoms with Crippen LogP contribution in [0.15, 0.2) is 24.3 Å². The Kier molecular flexibility index (Phi) is 4.53. The molecule has 0 aliphatic heterocycles. The van der Waals surface area contributed by atoms with E-state index in [1.807, 2.05) is 13.8 Å². The lowest BCUT2D eigenvalue weighted by atomic mass is 10.2. The van der Waals surface area contributed by atoms with E-state index >= 15 is 0 Å². The number of amides is 1. The van der Waals surface area contributed by atoms with Crippen molar-refractivity contribution in [3.63, 3.8) is 0 Å². The van der Waals surface area contributed by atoms with Crippen LogP contribution in [0.5, 0.6) is 0 Å². The minimum atomic E-state index is -0.270. The summed E-state index contributed by atoms with van der Waals surface area (Å²) >= 11 is 0. The topological polar surface area (TPSA) is 56.1 Å². The Morgan fingerprint density at radius 2 is 2.06 bits per heavy atom. The highest BCUT2D eigenvalue weighted by Crippen LogP contribution is 2.10. The zero-order valence-electron chi connectivity index (χ0n) is 10.4. The van der Waals surface area contributed by atoms with E-state index in [1.54, 1.807) is 36.2 Å². The van der Waals surface area contributed by atoms with Gasteiger partial charge in [0.05, 0.1) is 11.6 Å². The maximum Gasteiger partial charge on any atom is 0.244 e. The van der Waals surface area contributed by atoms with E-state index in [-0.39, 0.29) is 11.9 Å². The first-order chi connectivity index (χ1) is 8.08. The third-order valence-corrected chi connectivity index (χ3v) is 2.62. The summed E-state index contributed by atoms with van der Waals surface area (Å²) in [7, 11) is 1.78. The predicted octanol–water partition coefficient (Wildman–Crippen LogP) is 1.84. The molecule has 1 amide bonds. The van der Waals surface area contributed by atoms with Crippen molar-refractivity contribution >= 4 is 11.6 Å². The molecular formula is C13H17N3O. The molecule has 17 heavy (non-hydrogen) atoms. The Morgan fingerprint density at radius 1 is 1.47 bits per heavy atom. The number of rotatable bonds is 4. The van der Waals surface area contributed by atoms with E-state index in [4.69, 9.17) is 5.26 Å². The van der Waals surface area contributed by atoms with Gasteiger partial charge in [-0.2, -0.15) is 5.26 Å². The fourth-order valence-corrected chi connectivity index (χ4v) is 1.44. The number of nitrogens with one attached hydrogen (secondary N) is 1. The van der Waals surface area contributed by atoms with Crippen molar-refractivity contribution in [2.45, 2.75) is 19.9 Å². The zero-order chi connectivity index (χ0) is 12.8. The molecule has 0 saturated carbocycles. The molecule has 1 rings (SSSR count). The van der Waals surface area contributed by atoms with Crippen molar-refractivity contribution in [1.29, 1.82) is 5.26 Å². The molecule has 0 bridgehead atoms. The SMILES string of the molecule is CCN(C)C(=O)C(C)Nc1ccc(C#N)cc1. The van der Waals surface area contributed by atoms with Crippen molar-refractivity contribution in [1.82, 2.24) is 4.90 Å². The summed E-state index contributed by atoms with van der Waals surface area (Å²) in [5, 5.41) is 11.8. The van der Waals surface area contributed by atoms with E-state index in [2.05, 4.69) is 11.4 Å². The van der Waals surface area contributed by atoms with Gasteiger partial charge < -0.3 is 10.2 Å². The summed E-state index contributed by atoms with van der Waals surface area (Å²) in [5.74, 6) is 0.0526. The summed E-state index contributed by atoms with van der Waals surface area (Å²) in [4.78, 5) is 13.5. The molecule has 1 unspecified atom stereocenters. The van der Waals surface area contributed by atoms with E-state index in [0.717, 1.165) is 5.69 Å². The van der Waals surface area contributed by atoms with Crippen molar-refractivity contribution in [3.8, 4) is 6.07 Å². The molecule has 4 heteroatoms. The molecule has 0 spiro atoms. The fourth-order valence-electron chi connectivity index (χ4n) is 1.44. The second kappa shape index (κ2) is 5.90. The van der Waals surface area contributed by atoms with Gasteiger partial charge in [0, 0.05) is 19.3 Å². The van der Waals surface area contributed by atoms with Gasteiger partial charge >= 0.3 is 0 Å². The van der Waals surface area contributed by atoms with Gasteiger partial charge in [-0.15, -0.1) is 0 Å². The smallest absolute Gasteiger partial charge is 0.244 e. The summed E-state index contributed by atoms with van der Waals surface area (Å²) < 4.78 is 0. The average molecular weight is 231 g/mol. The van der Waals surface area contributed by atoms with Crippen LogP contribution in [0.3, 0.4) is 0 Å². The third-order valence-electron chi connectivity index (χ3n) is 2.62. The molecular weight excluding hydrogens is 214 g/mol. The van der Waals surface area contributed by atoms with Gasteiger partial charge in [0.25, 0.3) is 0 Å². The monoisotopic (exact) mass is 231 g/mol. The Bertz CT molecular complexity index is 419. The van der Waals surface area contributed by atoms with E-state index in [1.165, 1.54) is 0 Å². The molecule has 90 valence electrons. The number of carbonyl (C=O) groups excluding carboxylic acids is 1. The van der Waals surface area contributed by atoms with Crippen LogP contribution < -0.4 is 5.32 Å². The molecule has 0 aromatic heterocycles. The minimum absolute atomic E-state index is 0.0526. The molecule has 1 aromatic rings. The van der Waals surface area contributed by atoms with E-state index < -0.39 is 0 Å². The standard InChI is InChI=1S/C13H17N3O/c1-4-16(3)13(17)10(2)15-12-7-5-11(9-14)6-8-12/h5-8,10,15H,4H2,1-3H3. The molecule has 0 aliphatic carbocycles. The van der Waals surface area contributed by atoms with Crippen LogP contribution in [-0.4, -0.2) is 30.4 Å². The number of hydrogen-bond donors (Lipinski definition) is 1. The number of carbonyl (C=O) groups is 1. The van der Waals surface area contributed by atoms with Crippen molar-refractivity contribution in [2.24, 2.45) is 0 Å². The van der Waals surface area contributed by atoms with Gasteiger partial charge in [0.2, 0.25) is 5.91 Å². The van der Waals surface area contributed by atoms with Gasteiger partial charge in [-0.05, 0) is 38.1 Å². The lowest BCUT2D eigenvalue weighted by Gasteiger charge is -2.21. The first kappa shape index (κ1) is 13.0. The number of nitrogens with zero attached hydrogens (tertiary/aromatic N) is 2. The first-order valence-electron chi connectivity index (χ1n) is 5.60. The van der Waals surface area contributed by atoms with Gasteiger partial charge in [-0.3, -0.25) is 4.79 Å². The fraction of sp³-hybridized carbons (Fsp3) is 0.385. The lowest BCUT2D eigenvalue weighted by Crippen LogP contribution is -2.38. The Hall–Kier alpha value is -2.02. The molecule has 0 fully saturated rings. The van der Waals surface area contributed by atoms with Crippen LogP contribution in [0.2, 0.25) is 0 Å².